The zero-order chi connectivity index (χ0) is 11.4. The summed E-state index contributed by atoms with van der Waals surface area (Å²) in [4.78, 5) is 19.0. The molecule has 2 aromatic rings. The maximum absolute atomic E-state index is 12.0. The number of carbonyl (C=O) groups is 1. The first-order valence-corrected chi connectivity index (χ1v) is 4.73. The Balaban J connectivity index is 0.00000144. The van der Waals surface area contributed by atoms with Gasteiger partial charge in [-0.05, 0) is 18.2 Å². The van der Waals surface area contributed by atoms with Crippen LogP contribution in [0.2, 0.25) is 0 Å². The van der Waals surface area contributed by atoms with Gasteiger partial charge in [0.2, 0.25) is 11.2 Å². The topological polar surface area (TPSA) is 58.1 Å². The van der Waals surface area contributed by atoms with E-state index in [9.17, 15) is 4.79 Å². The molecule has 4 nitrogen and oxygen atoms in total. The Bertz CT molecular complexity index is 563. The van der Waals surface area contributed by atoms with Crippen LogP contribution in [0.5, 0.6) is 0 Å². The Hall–Kier alpha value is -2.25. The van der Waals surface area contributed by atoms with Crippen LogP contribution in [-0.4, -0.2) is 10.8 Å². The third kappa shape index (κ3) is 2.65. The van der Waals surface area contributed by atoms with Crippen molar-refractivity contribution in [3.63, 3.8) is 0 Å². The van der Waals surface area contributed by atoms with Gasteiger partial charge in [0.15, 0.2) is 4.98 Å². The molecule has 2 rings (SSSR count). The molecule has 0 amide bonds. The zero-order valence-electron chi connectivity index (χ0n) is 8.75. The van der Waals surface area contributed by atoms with Crippen molar-refractivity contribution in [1.82, 2.24) is 4.98 Å². The van der Waals surface area contributed by atoms with E-state index in [-0.39, 0.29) is 23.9 Å². The summed E-state index contributed by atoms with van der Waals surface area (Å²) >= 11 is 0. The minimum Gasteiger partial charge on any atom is -1.00 e. The van der Waals surface area contributed by atoms with Crippen LogP contribution >= 0.6 is 0 Å². The Kier molecular flexibility index (Phi) is 4.32. The molecule has 0 N–H and O–H groups in total. The standard InChI is InChI=1S/C12H8N3O.ClH/c13-15-10-6-2-1-5-9(10)12(16)11-7-3-4-8-14-11;/h1-8H;1H/q+1;/p-1. The summed E-state index contributed by atoms with van der Waals surface area (Å²) in [5, 5.41) is 8.77. The maximum atomic E-state index is 12.0. The maximum Gasteiger partial charge on any atom is 0.396 e. The molecule has 0 aliphatic heterocycles. The van der Waals surface area contributed by atoms with Crippen LogP contribution < -0.4 is 12.4 Å². The van der Waals surface area contributed by atoms with Gasteiger partial charge < -0.3 is 12.4 Å². The van der Waals surface area contributed by atoms with Gasteiger partial charge >= 0.3 is 5.69 Å². The SMILES string of the molecule is N#[N+]c1ccccc1C(=O)c1ccccn1.[Cl-]. The number of diazo groups is 1. The third-order valence-corrected chi connectivity index (χ3v) is 2.15. The van der Waals surface area contributed by atoms with Gasteiger partial charge in [-0.25, -0.2) is 0 Å². The van der Waals surface area contributed by atoms with Crippen LogP contribution in [0.4, 0.5) is 5.69 Å². The molecule has 0 unspecified atom stereocenters. The lowest BCUT2D eigenvalue weighted by Crippen LogP contribution is -3.00. The molecular formula is C12H8ClN3O. The highest BCUT2D eigenvalue weighted by molar-refractivity contribution is 6.11. The molecule has 1 aromatic heterocycles. The van der Waals surface area contributed by atoms with Gasteiger partial charge in [0, 0.05) is 12.3 Å². The molecule has 1 heterocycles. The third-order valence-electron chi connectivity index (χ3n) is 2.15. The predicted molar refractivity (Wildman–Crippen MR) is 58.9 cm³/mol. The van der Waals surface area contributed by atoms with E-state index >= 15 is 0 Å². The quantitative estimate of drug-likeness (QED) is 0.544. The van der Waals surface area contributed by atoms with Gasteiger partial charge in [0.05, 0.1) is 0 Å². The summed E-state index contributed by atoms with van der Waals surface area (Å²) in [7, 11) is 0. The first-order chi connectivity index (χ1) is 7.83. The van der Waals surface area contributed by atoms with Crippen molar-refractivity contribution < 1.29 is 17.2 Å². The molecule has 0 spiro atoms. The van der Waals surface area contributed by atoms with E-state index in [1.807, 2.05) is 0 Å². The Labute approximate surface area is 104 Å². The molecule has 0 saturated carbocycles. The Morgan fingerprint density at radius 3 is 2.47 bits per heavy atom. The minimum absolute atomic E-state index is 0. The molecule has 0 fully saturated rings. The van der Waals surface area contributed by atoms with Crippen molar-refractivity contribution in [1.29, 1.82) is 5.39 Å². The number of pyridine rings is 1. The van der Waals surface area contributed by atoms with Crippen LogP contribution in [0.15, 0.2) is 48.7 Å². The average molecular weight is 246 g/mol. The fraction of sp³-hybridized carbons (Fsp3) is 0. The summed E-state index contributed by atoms with van der Waals surface area (Å²) in [5.74, 6) is -0.256. The molecule has 5 heteroatoms. The molecule has 0 aliphatic rings. The van der Waals surface area contributed by atoms with Crippen molar-refractivity contribution in [2.45, 2.75) is 0 Å². The lowest BCUT2D eigenvalue weighted by molar-refractivity contribution is -0.0000107. The molecular weight excluding hydrogens is 238 g/mol. The number of rotatable bonds is 2. The molecule has 0 atom stereocenters. The van der Waals surface area contributed by atoms with Crippen LogP contribution in [0.3, 0.4) is 0 Å². The highest BCUT2D eigenvalue weighted by Gasteiger charge is 2.21. The zero-order valence-corrected chi connectivity index (χ0v) is 9.50. The number of ketones is 1. The summed E-state index contributed by atoms with van der Waals surface area (Å²) in [5.41, 5.74) is 0.917. The number of halogens is 1. The average Bonchev–Trinajstić information content (AvgIpc) is 2.39. The summed E-state index contributed by atoms with van der Waals surface area (Å²) < 4.78 is 0. The minimum atomic E-state index is -0.256. The molecule has 17 heavy (non-hydrogen) atoms. The van der Waals surface area contributed by atoms with Gasteiger partial charge in [-0.3, -0.25) is 9.78 Å². The lowest BCUT2D eigenvalue weighted by Gasteiger charge is -1.96. The highest BCUT2D eigenvalue weighted by atomic mass is 35.5. The van der Waals surface area contributed by atoms with E-state index < -0.39 is 0 Å². The molecule has 0 bridgehead atoms. The summed E-state index contributed by atoms with van der Waals surface area (Å²) in [6.45, 7) is 0. The van der Waals surface area contributed by atoms with Crippen molar-refractivity contribution in [3.8, 4) is 0 Å². The van der Waals surface area contributed by atoms with Crippen molar-refractivity contribution in [2.24, 2.45) is 0 Å². The lowest BCUT2D eigenvalue weighted by atomic mass is 10.1. The number of hydrogen-bond donors (Lipinski definition) is 0. The second-order valence-electron chi connectivity index (χ2n) is 3.16. The molecule has 0 saturated heterocycles. The Morgan fingerprint density at radius 1 is 1.12 bits per heavy atom. The normalized spacial score (nSPS) is 8.88. The molecule has 0 aliphatic carbocycles. The van der Waals surface area contributed by atoms with E-state index in [2.05, 4.69) is 9.96 Å². The van der Waals surface area contributed by atoms with Gasteiger partial charge in [0.25, 0.3) is 0 Å². The second kappa shape index (κ2) is 5.73. The molecule has 1 aromatic carbocycles. The van der Waals surface area contributed by atoms with Gasteiger partial charge in [-0.2, -0.15) is 0 Å². The summed E-state index contributed by atoms with van der Waals surface area (Å²) in [6.07, 6.45) is 1.55. The number of hydrogen-bond acceptors (Lipinski definition) is 3. The van der Waals surface area contributed by atoms with Crippen LogP contribution in [0, 0.1) is 5.39 Å². The van der Waals surface area contributed by atoms with Gasteiger partial charge in [0.1, 0.15) is 11.3 Å². The van der Waals surface area contributed by atoms with Gasteiger partial charge in [-0.1, -0.05) is 18.2 Å². The fourth-order valence-corrected chi connectivity index (χ4v) is 1.39. The highest BCUT2D eigenvalue weighted by Crippen LogP contribution is 2.20. The van der Waals surface area contributed by atoms with Crippen LogP contribution in [-0.2, 0) is 0 Å². The first kappa shape index (κ1) is 12.8. The second-order valence-corrected chi connectivity index (χ2v) is 3.16. The smallest absolute Gasteiger partial charge is 0.396 e. The van der Waals surface area contributed by atoms with E-state index in [1.54, 1.807) is 48.7 Å². The van der Waals surface area contributed by atoms with E-state index in [0.29, 0.717) is 11.3 Å². The number of benzene rings is 1. The largest absolute Gasteiger partial charge is 1.00 e. The van der Waals surface area contributed by atoms with E-state index in [4.69, 9.17) is 5.39 Å². The first-order valence-electron chi connectivity index (χ1n) is 4.73. The van der Waals surface area contributed by atoms with Crippen molar-refractivity contribution in [3.05, 3.63) is 64.9 Å². The molecule has 0 radical (unpaired) electrons. The monoisotopic (exact) mass is 245 g/mol. The van der Waals surface area contributed by atoms with Crippen molar-refractivity contribution >= 4 is 11.5 Å². The van der Waals surface area contributed by atoms with Gasteiger partial charge in [-0.15, -0.1) is 0 Å². The van der Waals surface area contributed by atoms with E-state index in [1.165, 1.54) is 0 Å². The number of nitrogens with zero attached hydrogens (tertiary/aromatic N) is 3. The van der Waals surface area contributed by atoms with Crippen molar-refractivity contribution in [2.75, 3.05) is 0 Å². The fourth-order valence-electron chi connectivity index (χ4n) is 1.39. The van der Waals surface area contributed by atoms with Crippen LogP contribution in [0.1, 0.15) is 16.1 Å². The summed E-state index contributed by atoms with van der Waals surface area (Å²) in [6, 6.07) is 11.7. The Morgan fingerprint density at radius 2 is 1.82 bits per heavy atom. The van der Waals surface area contributed by atoms with E-state index in [0.717, 1.165) is 0 Å². The number of aromatic nitrogens is 1. The number of carbonyl (C=O) groups excluding carboxylic acids is 1. The van der Waals surface area contributed by atoms with Crippen LogP contribution in [0.25, 0.3) is 4.98 Å². The predicted octanol–water partition coefficient (Wildman–Crippen LogP) is -0.199. The molecule has 84 valence electrons.